The Kier molecular flexibility index (Phi) is 5.12. The van der Waals surface area contributed by atoms with E-state index in [1.54, 1.807) is 53.2 Å². The molecule has 0 atom stereocenters. The molecule has 1 aromatic heterocycles. The Morgan fingerprint density at radius 3 is 2.59 bits per heavy atom. The summed E-state index contributed by atoms with van der Waals surface area (Å²) in [6.45, 7) is 0. The number of rotatable bonds is 4. The van der Waals surface area contributed by atoms with Gasteiger partial charge >= 0.3 is 12.1 Å². The van der Waals surface area contributed by atoms with Gasteiger partial charge in [-0.2, -0.15) is 13.2 Å². The van der Waals surface area contributed by atoms with Gasteiger partial charge in [-0.3, -0.25) is 4.99 Å². The Balaban J connectivity index is 1.96. The number of halogens is 3. The molecule has 0 radical (unpaired) electrons. The molecule has 0 unspecified atom stereocenters. The third-order valence-electron chi connectivity index (χ3n) is 3.88. The summed E-state index contributed by atoms with van der Waals surface area (Å²) in [4.78, 5) is 16.1. The molecule has 0 spiro atoms. The first-order valence-electron chi connectivity index (χ1n) is 7.96. The summed E-state index contributed by atoms with van der Waals surface area (Å²) in [5, 5.41) is 0. The number of esters is 1. The Labute approximate surface area is 153 Å². The standard InChI is InChI=1S/C20H15F3N2O2/c1-27-19(26)17-9-2-3-10-18(17)24-13-16-8-5-11-25(16)15-7-4-6-14(12-15)20(21,22)23/h2-13H,1H3. The third-order valence-corrected chi connectivity index (χ3v) is 3.88. The van der Waals surface area contributed by atoms with E-state index in [9.17, 15) is 18.0 Å². The molecule has 0 N–H and O–H groups in total. The first kappa shape index (κ1) is 18.4. The summed E-state index contributed by atoms with van der Waals surface area (Å²) in [6, 6.07) is 15.1. The second-order valence-corrected chi connectivity index (χ2v) is 5.62. The summed E-state index contributed by atoms with van der Waals surface area (Å²) in [5.41, 5.74) is 0.897. The zero-order valence-corrected chi connectivity index (χ0v) is 14.3. The number of aromatic nitrogens is 1. The summed E-state index contributed by atoms with van der Waals surface area (Å²) in [6.07, 6.45) is -1.29. The van der Waals surface area contributed by atoms with Crippen molar-refractivity contribution in [2.75, 3.05) is 7.11 Å². The molecule has 0 fully saturated rings. The first-order valence-corrected chi connectivity index (χ1v) is 7.96. The Hall–Kier alpha value is -3.35. The lowest BCUT2D eigenvalue weighted by molar-refractivity contribution is -0.137. The zero-order valence-electron chi connectivity index (χ0n) is 14.3. The van der Waals surface area contributed by atoms with E-state index in [1.165, 1.54) is 19.4 Å². The molecule has 0 aliphatic carbocycles. The maximum absolute atomic E-state index is 13.0. The minimum atomic E-state index is -4.42. The van der Waals surface area contributed by atoms with Crippen LogP contribution in [0.5, 0.6) is 0 Å². The number of hydrogen-bond donors (Lipinski definition) is 0. The number of carbonyl (C=O) groups excluding carboxylic acids is 1. The molecule has 2 aromatic carbocycles. The number of aliphatic imine (C=N–C) groups is 1. The van der Waals surface area contributed by atoms with Crippen LogP contribution in [0, 0.1) is 0 Å². The van der Waals surface area contributed by atoms with Crippen molar-refractivity contribution in [3.63, 3.8) is 0 Å². The van der Waals surface area contributed by atoms with E-state index in [0.717, 1.165) is 12.1 Å². The van der Waals surface area contributed by atoms with Crippen LogP contribution in [0.2, 0.25) is 0 Å². The van der Waals surface area contributed by atoms with Crippen molar-refractivity contribution >= 4 is 17.9 Å². The highest BCUT2D eigenvalue weighted by atomic mass is 19.4. The molecular weight excluding hydrogens is 357 g/mol. The molecule has 0 saturated carbocycles. The topological polar surface area (TPSA) is 43.6 Å². The van der Waals surface area contributed by atoms with Crippen molar-refractivity contribution in [3.8, 4) is 5.69 Å². The van der Waals surface area contributed by atoms with Crippen LogP contribution in [-0.4, -0.2) is 23.9 Å². The second-order valence-electron chi connectivity index (χ2n) is 5.62. The van der Waals surface area contributed by atoms with Crippen LogP contribution >= 0.6 is 0 Å². The number of alkyl halides is 3. The molecule has 4 nitrogen and oxygen atoms in total. The third kappa shape index (κ3) is 4.08. The van der Waals surface area contributed by atoms with E-state index in [4.69, 9.17) is 4.74 Å². The number of ether oxygens (including phenoxy) is 1. The number of para-hydroxylation sites is 1. The van der Waals surface area contributed by atoms with Crippen molar-refractivity contribution in [1.29, 1.82) is 0 Å². The molecule has 0 saturated heterocycles. The van der Waals surface area contributed by atoms with Gasteiger partial charge in [0.1, 0.15) is 0 Å². The van der Waals surface area contributed by atoms with Crippen LogP contribution in [0.25, 0.3) is 5.69 Å². The van der Waals surface area contributed by atoms with Gasteiger partial charge in [0.2, 0.25) is 0 Å². The number of hydrogen-bond acceptors (Lipinski definition) is 3. The van der Waals surface area contributed by atoms with Gasteiger partial charge in [0, 0.05) is 11.9 Å². The fraction of sp³-hybridized carbons (Fsp3) is 0.100. The fourth-order valence-electron chi connectivity index (χ4n) is 2.57. The first-order chi connectivity index (χ1) is 12.9. The highest BCUT2D eigenvalue weighted by Gasteiger charge is 2.30. The van der Waals surface area contributed by atoms with Crippen LogP contribution in [-0.2, 0) is 10.9 Å². The monoisotopic (exact) mass is 372 g/mol. The van der Waals surface area contributed by atoms with Crippen molar-refractivity contribution in [1.82, 2.24) is 4.57 Å². The van der Waals surface area contributed by atoms with Crippen molar-refractivity contribution in [2.24, 2.45) is 4.99 Å². The van der Waals surface area contributed by atoms with Crippen molar-refractivity contribution in [2.45, 2.75) is 6.18 Å². The molecule has 3 rings (SSSR count). The molecule has 1 heterocycles. The van der Waals surface area contributed by atoms with Gasteiger partial charge in [-0.1, -0.05) is 18.2 Å². The van der Waals surface area contributed by atoms with E-state index in [2.05, 4.69) is 4.99 Å². The van der Waals surface area contributed by atoms with Crippen LogP contribution in [0.3, 0.4) is 0 Å². The van der Waals surface area contributed by atoms with Crippen LogP contribution in [0.1, 0.15) is 21.6 Å². The highest BCUT2D eigenvalue weighted by molar-refractivity contribution is 5.96. The SMILES string of the molecule is COC(=O)c1ccccc1N=Cc1cccn1-c1cccc(C(F)(F)F)c1. The van der Waals surface area contributed by atoms with E-state index in [0.29, 0.717) is 22.6 Å². The van der Waals surface area contributed by atoms with Crippen LogP contribution in [0.15, 0.2) is 71.9 Å². The van der Waals surface area contributed by atoms with E-state index in [-0.39, 0.29) is 0 Å². The summed E-state index contributed by atoms with van der Waals surface area (Å²) in [5.74, 6) is -0.518. The number of methoxy groups -OCH3 is 1. The lowest BCUT2D eigenvalue weighted by atomic mass is 10.2. The summed E-state index contributed by atoms with van der Waals surface area (Å²) in [7, 11) is 1.28. The molecule has 7 heteroatoms. The molecule has 0 amide bonds. The molecule has 27 heavy (non-hydrogen) atoms. The smallest absolute Gasteiger partial charge is 0.416 e. The zero-order chi connectivity index (χ0) is 19.4. The average molecular weight is 372 g/mol. The largest absolute Gasteiger partial charge is 0.465 e. The molecule has 0 bridgehead atoms. The van der Waals surface area contributed by atoms with Gasteiger partial charge in [0.25, 0.3) is 0 Å². The molecule has 3 aromatic rings. The fourth-order valence-corrected chi connectivity index (χ4v) is 2.57. The minimum absolute atomic E-state index is 0.299. The van der Waals surface area contributed by atoms with E-state index < -0.39 is 17.7 Å². The predicted octanol–water partition coefficient (Wildman–Crippen LogP) is 5.03. The number of benzene rings is 2. The molecule has 0 aliphatic rings. The van der Waals surface area contributed by atoms with E-state index >= 15 is 0 Å². The maximum atomic E-state index is 13.0. The molecule has 0 aliphatic heterocycles. The Morgan fingerprint density at radius 2 is 1.85 bits per heavy atom. The lowest BCUT2D eigenvalue weighted by Crippen LogP contribution is -2.06. The molecule has 138 valence electrons. The lowest BCUT2D eigenvalue weighted by Gasteiger charge is -2.11. The van der Waals surface area contributed by atoms with Gasteiger partial charge in [-0.15, -0.1) is 0 Å². The van der Waals surface area contributed by atoms with Crippen LogP contribution < -0.4 is 0 Å². The predicted molar refractivity (Wildman–Crippen MR) is 95.8 cm³/mol. The van der Waals surface area contributed by atoms with Crippen molar-refractivity contribution in [3.05, 3.63) is 83.7 Å². The number of carbonyl (C=O) groups is 1. The number of nitrogens with zero attached hydrogens (tertiary/aromatic N) is 2. The normalized spacial score (nSPS) is 11.7. The van der Waals surface area contributed by atoms with Gasteiger partial charge in [-0.05, 0) is 42.5 Å². The maximum Gasteiger partial charge on any atom is 0.416 e. The molecular formula is C20H15F3N2O2. The van der Waals surface area contributed by atoms with E-state index in [1.807, 2.05) is 0 Å². The van der Waals surface area contributed by atoms with Gasteiger partial charge in [0.05, 0.1) is 35.8 Å². The van der Waals surface area contributed by atoms with Gasteiger partial charge in [-0.25, -0.2) is 4.79 Å². The summed E-state index contributed by atoms with van der Waals surface area (Å²) >= 11 is 0. The van der Waals surface area contributed by atoms with Crippen LogP contribution in [0.4, 0.5) is 18.9 Å². The minimum Gasteiger partial charge on any atom is -0.465 e. The van der Waals surface area contributed by atoms with Gasteiger partial charge in [0.15, 0.2) is 0 Å². The van der Waals surface area contributed by atoms with Gasteiger partial charge < -0.3 is 9.30 Å². The quantitative estimate of drug-likeness (QED) is 0.476. The van der Waals surface area contributed by atoms with Crippen molar-refractivity contribution < 1.29 is 22.7 Å². The Morgan fingerprint density at radius 1 is 1.07 bits per heavy atom. The summed E-state index contributed by atoms with van der Waals surface area (Å²) < 4.78 is 45.2. The Bertz CT molecular complexity index is 991. The highest BCUT2D eigenvalue weighted by Crippen LogP contribution is 2.30. The average Bonchev–Trinajstić information content (AvgIpc) is 3.14. The second kappa shape index (κ2) is 7.49.